The fourth-order valence-electron chi connectivity index (χ4n) is 1.42. The number of hydrogen-bond acceptors (Lipinski definition) is 5. The van der Waals surface area contributed by atoms with Crippen molar-refractivity contribution in [3.05, 3.63) is 35.2 Å². The quantitative estimate of drug-likeness (QED) is 0.931. The summed E-state index contributed by atoms with van der Waals surface area (Å²) in [5, 5.41) is 9.17. The average molecular weight is 280 g/mol. The zero-order valence-electron chi connectivity index (χ0n) is 10.0. The number of nitrogens with zero attached hydrogens (tertiary/aromatic N) is 2. The predicted octanol–water partition coefficient (Wildman–Crippen LogP) is 3.26. The molecule has 1 N–H and O–H groups in total. The molecule has 18 heavy (non-hydrogen) atoms. The van der Waals surface area contributed by atoms with Gasteiger partial charge in [0.25, 0.3) is 0 Å². The molecule has 0 spiro atoms. The summed E-state index contributed by atoms with van der Waals surface area (Å²) in [5.41, 5.74) is 1.25. The van der Waals surface area contributed by atoms with Crippen LogP contribution >= 0.6 is 23.3 Å². The third-order valence-corrected chi connectivity index (χ3v) is 4.19. The second-order valence-electron chi connectivity index (χ2n) is 3.74. The number of aromatic carboxylic acids is 1. The summed E-state index contributed by atoms with van der Waals surface area (Å²) in [7, 11) is 0. The molecule has 0 saturated carbocycles. The molecule has 0 unspecified atom stereocenters. The van der Waals surface area contributed by atoms with Crippen molar-refractivity contribution in [1.82, 2.24) is 9.36 Å². The smallest absolute Gasteiger partial charge is 0.336 e. The second kappa shape index (κ2) is 5.49. The molecule has 0 aliphatic carbocycles. The number of benzene rings is 1. The molecule has 0 atom stereocenters. The van der Waals surface area contributed by atoms with Crippen LogP contribution < -0.4 is 0 Å². The molecule has 1 aromatic heterocycles. The Morgan fingerprint density at radius 1 is 1.50 bits per heavy atom. The topological polar surface area (TPSA) is 63.1 Å². The average Bonchev–Trinajstić information content (AvgIpc) is 2.79. The maximum absolute atomic E-state index is 11.2. The number of carboxylic acid groups (broad SMARTS) is 1. The lowest BCUT2D eigenvalue weighted by Gasteiger charge is -2.04. The lowest BCUT2D eigenvalue weighted by molar-refractivity contribution is 0.0693. The first-order valence-corrected chi connectivity index (χ1v) is 7.03. The minimum absolute atomic E-state index is 0.313. The van der Waals surface area contributed by atoms with E-state index in [4.69, 9.17) is 0 Å². The second-order valence-corrected chi connectivity index (χ2v) is 5.78. The van der Waals surface area contributed by atoms with Crippen molar-refractivity contribution in [2.24, 2.45) is 0 Å². The van der Waals surface area contributed by atoms with Gasteiger partial charge in [-0.1, -0.05) is 30.3 Å². The van der Waals surface area contributed by atoms with Crippen molar-refractivity contribution in [3.63, 3.8) is 0 Å². The summed E-state index contributed by atoms with van der Waals surface area (Å²) in [5.74, 6) is -0.118. The highest BCUT2D eigenvalue weighted by Crippen LogP contribution is 2.32. The van der Waals surface area contributed by atoms with Gasteiger partial charge in [0, 0.05) is 11.3 Å². The van der Waals surface area contributed by atoms with Crippen LogP contribution in [0.5, 0.6) is 0 Å². The molecule has 2 rings (SSSR count). The third-order valence-electron chi connectivity index (χ3n) is 2.33. The highest BCUT2D eigenvalue weighted by atomic mass is 32.2. The molecule has 94 valence electrons. The van der Waals surface area contributed by atoms with E-state index in [1.807, 2.05) is 26.0 Å². The van der Waals surface area contributed by atoms with Crippen LogP contribution in [0.3, 0.4) is 0 Å². The minimum Gasteiger partial charge on any atom is -0.478 e. The fraction of sp³-hybridized carbons (Fsp3) is 0.250. The highest BCUT2D eigenvalue weighted by Gasteiger charge is 2.13. The Kier molecular flexibility index (Phi) is 3.98. The van der Waals surface area contributed by atoms with E-state index < -0.39 is 5.97 Å². The first-order chi connectivity index (χ1) is 8.60. The lowest BCUT2D eigenvalue weighted by atomic mass is 10.1. The Morgan fingerprint density at radius 2 is 2.28 bits per heavy atom. The van der Waals surface area contributed by atoms with Crippen LogP contribution in [0.2, 0.25) is 0 Å². The summed E-state index contributed by atoms with van der Waals surface area (Å²) in [4.78, 5) is 16.2. The van der Waals surface area contributed by atoms with Gasteiger partial charge >= 0.3 is 5.97 Å². The molecular weight excluding hydrogens is 268 g/mol. The van der Waals surface area contributed by atoms with Gasteiger partial charge < -0.3 is 5.11 Å². The molecule has 0 saturated heterocycles. The molecule has 0 bridgehead atoms. The van der Waals surface area contributed by atoms with E-state index in [1.54, 1.807) is 6.07 Å². The van der Waals surface area contributed by atoms with E-state index in [0.29, 0.717) is 10.5 Å². The van der Waals surface area contributed by atoms with Crippen molar-refractivity contribution in [2.45, 2.75) is 29.5 Å². The molecule has 1 heterocycles. The number of hydrogen-bond donors (Lipinski definition) is 1. The molecule has 0 fully saturated rings. The minimum atomic E-state index is -0.915. The third kappa shape index (κ3) is 2.88. The molecule has 2 aromatic rings. The van der Waals surface area contributed by atoms with Crippen LogP contribution in [0.25, 0.3) is 0 Å². The molecule has 0 radical (unpaired) electrons. The van der Waals surface area contributed by atoms with Crippen molar-refractivity contribution < 1.29 is 9.90 Å². The van der Waals surface area contributed by atoms with Gasteiger partial charge in [0.05, 0.1) is 5.56 Å². The van der Waals surface area contributed by atoms with E-state index in [-0.39, 0.29) is 0 Å². The number of carboxylic acids is 1. The van der Waals surface area contributed by atoms with Gasteiger partial charge in [0.1, 0.15) is 5.82 Å². The molecule has 1 aromatic carbocycles. The van der Waals surface area contributed by atoms with E-state index in [2.05, 4.69) is 9.36 Å². The zero-order valence-corrected chi connectivity index (χ0v) is 11.6. The zero-order chi connectivity index (χ0) is 13.1. The van der Waals surface area contributed by atoms with Crippen molar-refractivity contribution >= 4 is 29.3 Å². The Bertz CT molecular complexity index is 581. The summed E-state index contributed by atoms with van der Waals surface area (Å²) < 4.78 is 4.96. The van der Waals surface area contributed by atoms with Crippen LogP contribution in [-0.4, -0.2) is 20.4 Å². The molecule has 0 aliphatic rings. The van der Waals surface area contributed by atoms with Crippen LogP contribution in [-0.2, 0) is 6.42 Å². The van der Waals surface area contributed by atoms with Crippen LogP contribution in [0.1, 0.15) is 28.7 Å². The fourth-order valence-corrected chi connectivity index (χ4v) is 3.18. The summed E-state index contributed by atoms with van der Waals surface area (Å²) in [6, 6.07) is 5.39. The summed E-state index contributed by atoms with van der Waals surface area (Å²) in [6.45, 7) is 3.87. The molecule has 6 heteroatoms. The first-order valence-electron chi connectivity index (χ1n) is 5.44. The van der Waals surface area contributed by atoms with Crippen molar-refractivity contribution in [1.29, 1.82) is 0 Å². The maximum atomic E-state index is 11.2. The van der Waals surface area contributed by atoms with Crippen LogP contribution in [0.4, 0.5) is 0 Å². The number of aromatic nitrogens is 2. The van der Waals surface area contributed by atoms with Gasteiger partial charge in [-0.15, -0.1) is 0 Å². The molecule has 4 nitrogen and oxygen atoms in total. The van der Waals surface area contributed by atoms with Crippen molar-refractivity contribution in [2.75, 3.05) is 0 Å². The van der Waals surface area contributed by atoms with Gasteiger partial charge in [-0.25, -0.2) is 9.78 Å². The van der Waals surface area contributed by atoms with Gasteiger partial charge in [-0.2, -0.15) is 4.37 Å². The Morgan fingerprint density at radius 3 is 2.89 bits per heavy atom. The van der Waals surface area contributed by atoms with Gasteiger partial charge in [0.15, 0.2) is 4.34 Å². The normalized spacial score (nSPS) is 10.6. The van der Waals surface area contributed by atoms with E-state index in [0.717, 1.165) is 22.1 Å². The van der Waals surface area contributed by atoms with Gasteiger partial charge in [-0.3, -0.25) is 0 Å². The van der Waals surface area contributed by atoms with Crippen LogP contribution in [0, 0.1) is 6.92 Å². The standard InChI is InChI=1S/C12H12N2O2S2/c1-3-10-13-12(18-14-10)17-9-5-4-7(2)6-8(9)11(15)16/h4-6H,3H2,1-2H3,(H,15,16). The summed E-state index contributed by atoms with van der Waals surface area (Å²) in [6.07, 6.45) is 0.788. The van der Waals surface area contributed by atoms with Gasteiger partial charge in [-0.05, 0) is 30.6 Å². The molecule has 0 amide bonds. The van der Waals surface area contributed by atoms with Crippen LogP contribution in [0.15, 0.2) is 27.4 Å². The number of aryl methyl sites for hydroxylation is 2. The van der Waals surface area contributed by atoms with Crippen molar-refractivity contribution in [3.8, 4) is 0 Å². The molecule has 0 aliphatic heterocycles. The first kappa shape index (κ1) is 13.0. The number of carbonyl (C=O) groups is 1. The Hall–Kier alpha value is -1.40. The Balaban J connectivity index is 2.30. The maximum Gasteiger partial charge on any atom is 0.336 e. The van der Waals surface area contributed by atoms with E-state index >= 15 is 0 Å². The number of rotatable bonds is 4. The Labute approximate surface area is 113 Å². The molecular formula is C12H12N2O2S2. The van der Waals surface area contributed by atoms with E-state index in [1.165, 1.54) is 23.3 Å². The largest absolute Gasteiger partial charge is 0.478 e. The van der Waals surface area contributed by atoms with E-state index in [9.17, 15) is 9.90 Å². The van der Waals surface area contributed by atoms with Gasteiger partial charge in [0.2, 0.25) is 0 Å². The lowest BCUT2D eigenvalue weighted by Crippen LogP contribution is -1.99. The summed E-state index contributed by atoms with van der Waals surface area (Å²) >= 11 is 2.65. The predicted molar refractivity (Wildman–Crippen MR) is 71.5 cm³/mol. The highest BCUT2D eigenvalue weighted by molar-refractivity contribution is 8.01. The SMILES string of the molecule is CCc1nsc(Sc2ccc(C)cc2C(=O)O)n1. The monoisotopic (exact) mass is 280 g/mol.